The van der Waals surface area contributed by atoms with Gasteiger partial charge in [-0.3, -0.25) is 0 Å². The maximum atomic E-state index is 5.40. The Morgan fingerprint density at radius 1 is 1.44 bits per heavy atom. The Balaban J connectivity index is 2.46. The van der Waals surface area contributed by atoms with Crippen LogP contribution in [-0.4, -0.2) is 27.7 Å². The van der Waals surface area contributed by atoms with E-state index in [1.54, 1.807) is 7.11 Å². The quantitative estimate of drug-likeness (QED) is 0.869. The fraction of sp³-hybridized carbons (Fsp3) is 0.455. The Labute approximate surface area is 103 Å². The minimum Gasteiger partial charge on any atom is -0.377 e. The van der Waals surface area contributed by atoms with Gasteiger partial charge in [0.15, 0.2) is 0 Å². The third-order valence-corrected chi connectivity index (χ3v) is 3.21. The van der Waals surface area contributed by atoms with Gasteiger partial charge in [-0.15, -0.1) is 5.10 Å². The van der Waals surface area contributed by atoms with Crippen LogP contribution in [0.3, 0.4) is 0 Å². The average Bonchev–Trinajstić information content (AvgIpc) is 2.62. The Bertz CT molecular complexity index is 507. The predicted molar refractivity (Wildman–Crippen MR) is 66.3 cm³/mol. The second-order valence-corrected chi connectivity index (χ2v) is 5.17. The van der Waals surface area contributed by atoms with E-state index in [1.165, 1.54) is 0 Å². The van der Waals surface area contributed by atoms with Gasteiger partial charge in [0.05, 0.1) is 12.1 Å². The summed E-state index contributed by atoms with van der Waals surface area (Å²) in [4.78, 5) is 0. The fourth-order valence-corrected chi connectivity index (χ4v) is 2.08. The molecule has 0 saturated heterocycles. The highest BCUT2D eigenvalue weighted by Gasteiger charge is 2.20. The van der Waals surface area contributed by atoms with Crippen LogP contribution in [0.2, 0.25) is 0 Å². The van der Waals surface area contributed by atoms with Gasteiger partial charge in [0.25, 0.3) is 0 Å². The molecule has 0 N–H and O–H groups in total. The highest BCUT2D eigenvalue weighted by Crippen LogP contribution is 2.23. The number of benzene rings is 1. The van der Waals surface area contributed by atoms with Crippen molar-refractivity contribution >= 4 is 27.0 Å². The van der Waals surface area contributed by atoms with E-state index in [0.717, 1.165) is 15.5 Å². The molecule has 0 bridgehead atoms. The molecule has 0 aliphatic rings. The molecule has 0 fully saturated rings. The van der Waals surface area contributed by atoms with Gasteiger partial charge in [-0.1, -0.05) is 11.3 Å². The molecule has 1 aromatic carbocycles. The summed E-state index contributed by atoms with van der Waals surface area (Å²) in [7, 11) is 1.70. The summed E-state index contributed by atoms with van der Waals surface area (Å²) in [6.07, 6.45) is 0. The number of halogens is 1. The zero-order chi connectivity index (χ0) is 11.8. The summed E-state index contributed by atoms with van der Waals surface area (Å²) in [5.41, 5.74) is 1.64. The summed E-state index contributed by atoms with van der Waals surface area (Å²) in [6, 6.07) is 5.89. The molecule has 4 nitrogen and oxygen atoms in total. The Morgan fingerprint density at radius 3 is 2.88 bits per heavy atom. The molecule has 0 saturated carbocycles. The van der Waals surface area contributed by atoms with E-state index in [1.807, 2.05) is 36.7 Å². The molecule has 0 aliphatic carbocycles. The van der Waals surface area contributed by atoms with Crippen molar-refractivity contribution in [3.8, 4) is 0 Å². The van der Waals surface area contributed by atoms with Crippen molar-refractivity contribution in [3.63, 3.8) is 0 Å². The van der Waals surface area contributed by atoms with Crippen molar-refractivity contribution in [2.75, 3.05) is 7.11 Å². The molecule has 0 unspecified atom stereocenters. The second kappa shape index (κ2) is 4.14. The lowest BCUT2D eigenvalue weighted by atomic mass is 10.1. The number of rotatable bonds is 3. The molecule has 86 valence electrons. The maximum absolute atomic E-state index is 5.40. The summed E-state index contributed by atoms with van der Waals surface area (Å²) < 4.78 is 8.26. The van der Waals surface area contributed by atoms with Crippen molar-refractivity contribution in [2.24, 2.45) is 0 Å². The van der Waals surface area contributed by atoms with Gasteiger partial charge >= 0.3 is 0 Å². The van der Waals surface area contributed by atoms with E-state index in [4.69, 9.17) is 4.74 Å². The molecule has 2 aromatic rings. The summed E-state index contributed by atoms with van der Waals surface area (Å²) in [6.45, 7) is 4.72. The number of aromatic nitrogens is 3. The van der Waals surface area contributed by atoms with Crippen LogP contribution in [-0.2, 0) is 11.3 Å². The SMILES string of the molecule is COC(C)(C)Cn1nnc2cccc(Br)c21. The van der Waals surface area contributed by atoms with Gasteiger partial charge in [-0.2, -0.15) is 0 Å². The standard InChI is InChI=1S/C11H14BrN3O/c1-11(2,16-3)7-15-10-8(12)5-4-6-9(10)13-14-15/h4-6H,7H2,1-3H3. The van der Waals surface area contributed by atoms with E-state index in [9.17, 15) is 0 Å². The summed E-state index contributed by atoms with van der Waals surface area (Å²) in [5.74, 6) is 0. The topological polar surface area (TPSA) is 39.9 Å². The second-order valence-electron chi connectivity index (χ2n) is 4.32. The first-order valence-electron chi connectivity index (χ1n) is 5.06. The molecular formula is C11H14BrN3O. The number of nitrogens with zero attached hydrogens (tertiary/aromatic N) is 3. The number of hydrogen-bond donors (Lipinski definition) is 0. The highest BCUT2D eigenvalue weighted by molar-refractivity contribution is 9.10. The zero-order valence-electron chi connectivity index (χ0n) is 9.57. The summed E-state index contributed by atoms with van der Waals surface area (Å²) in [5, 5.41) is 8.27. The lowest BCUT2D eigenvalue weighted by Gasteiger charge is -2.22. The van der Waals surface area contributed by atoms with E-state index < -0.39 is 0 Å². The van der Waals surface area contributed by atoms with Crippen LogP contribution in [0, 0.1) is 0 Å². The van der Waals surface area contributed by atoms with E-state index >= 15 is 0 Å². The molecule has 16 heavy (non-hydrogen) atoms. The molecule has 2 rings (SSSR count). The van der Waals surface area contributed by atoms with Gasteiger partial charge in [-0.25, -0.2) is 4.68 Å². The van der Waals surface area contributed by atoms with Crippen LogP contribution in [0.15, 0.2) is 22.7 Å². The largest absolute Gasteiger partial charge is 0.377 e. The minimum absolute atomic E-state index is 0.254. The normalized spacial score (nSPS) is 12.2. The Kier molecular flexibility index (Phi) is 2.99. The molecular weight excluding hydrogens is 270 g/mol. The molecule has 0 radical (unpaired) electrons. The van der Waals surface area contributed by atoms with E-state index in [2.05, 4.69) is 26.2 Å². The van der Waals surface area contributed by atoms with Crippen LogP contribution >= 0.6 is 15.9 Å². The van der Waals surface area contributed by atoms with E-state index in [-0.39, 0.29) is 5.60 Å². The molecule has 0 atom stereocenters. The van der Waals surface area contributed by atoms with Gasteiger partial charge < -0.3 is 4.74 Å². The fourth-order valence-electron chi connectivity index (χ4n) is 1.52. The third-order valence-electron chi connectivity index (χ3n) is 2.57. The molecule has 1 aromatic heterocycles. The van der Waals surface area contributed by atoms with Gasteiger partial charge in [-0.05, 0) is 41.9 Å². The van der Waals surface area contributed by atoms with Gasteiger partial charge in [0.2, 0.25) is 0 Å². The highest BCUT2D eigenvalue weighted by atomic mass is 79.9. The van der Waals surface area contributed by atoms with Crippen molar-refractivity contribution in [1.82, 2.24) is 15.0 Å². The molecule has 0 amide bonds. The van der Waals surface area contributed by atoms with Crippen LogP contribution in [0.25, 0.3) is 11.0 Å². The van der Waals surface area contributed by atoms with Crippen molar-refractivity contribution < 1.29 is 4.74 Å². The lowest BCUT2D eigenvalue weighted by Crippen LogP contribution is -2.29. The van der Waals surface area contributed by atoms with Crippen molar-refractivity contribution in [2.45, 2.75) is 26.0 Å². The maximum Gasteiger partial charge on any atom is 0.114 e. The first-order valence-corrected chi connectivity index (χ1v) is 5.86. The Hall–Kier alpha value is -0.940. The minimum atomic E-state index is -0.254. The first-order chi connectivity index (χ1) is 7.53. The molecule has 0 spiro atoms. The van der Waals surface area contributed by atoms with Gasteiger partial charge in [0, 0.05) is 11.6 Å². The van der Waals surface area contributed by atoms with Crippen molar-refractivity contribution in [3.05, 3.63) is 22.7 Å². The molecule has 5 heteroatoms. The third kappa shape index (κ3) is 2.10. The molecule has 0 aliphatic heterocycles. The summed E-state index contributed by atoms with van der Waals surface area (Å²) >= 11 is 3.51. The first kappa shape index (κ1) is 11.5. The average molecular weight is 284 g/mol. The molecule has 1 heterocycles. The number of ether oxygens (including phenoxy) is 1. The smallest absolute Gasteiger partial charge is 0.114 e. The monoisotopic (exact) mass is 283 g/mol. The van der Waals surface area contributed by atoms with E-state index in [0.29, 0.717) is 6.54 Å². The van der Waals surface area contributed by atoms with Crippen LogP contribution in [0.4, 0.5) is 0 Å². The lowest BCUT2D eigenvalue weighted by molar-refractivity contribution is 0.00599. The predicted octanol–water partition coefficient (Wildman–Crippen LogP) is 2.62. The van der Waals surface area contributed by atoms with Crippen LogP contribution in [0.1, 0.15) is 13.8 Å². The Morgan fingerprint density at radius 2 is 2.19 bits per heavy atom. The van der Waals surface area contributed by atoms with Gasteiger partial charge in [0.1, 0.15) is 11.0 Å². The number of hydrogen-bond acceptors (Lipinski definition) is 3. The zero-order valence-corrected chi connectivity index (χ0v) is 11.2. The van der Waals surface area contributed by atoms with Crippen LogP contribution in [0.5, 0.6) is 0 Å². The van der Waals surface area contributed by atoms with Crippen LogP contribution < -0.4 is 0 Å². The van der Waals surface area contributed by atoms with Crippen molar-refractivity contribution in [1.29, 1.82) is 0 Å². The number of para-hydroxylation sites is 1. The number of methoxy groups -OCH3 is 1. The number of fused-ring (bicyclic) bond motifs is 1.